The molecule has 0 heterocycles. The first-order valence-electron chi connectivity index (χ1n) is 10.6. The molecule has 6 heteroatoms. The average molecular weight is 422 g/mol. The zero-order valence-corrected chi connectivity index (χ0v) is 18.0. The van der Waals surface area contributed by atoms with Gasteiger partial charge in [-0.25, -0.2) is 4.79 Å². The Balaban J connectivity index is 1.49. The number of esters is 1. The van der Waals surface area contributed by atoms with Gasteiger partial charge >= 0.3 is 5.97 Å². The molecule has 0 fully saturated rings. The predicted octanol–water partition coefficient (Wildman–Crippen LogP) is 2.94. The number of amides is 1. The van der Waals surface area contributed by atoms with Crippen LogP contribution in [0.2, 0.25) is 0 Å². The molecule has 0 unspecified atom stereocenters. The van der Waals surface area contributed by atoms with E-state index in [0.29, 0.717) is 23.6 Å². The third-order valence-electron chi connectivity index (χ3n) is 5.20. The molecule has 3 aromatic carbocycles. The minimum atomic E-state index is -0.358. The molecule has 0 saturated carbocycles. The summed E-state index contributed by atoms with van der Waals surface area (Å²) in [7, 11) is 0. The van der Waals surface area contributed by atoms with Crippen molar-refractivity contribution in [1.82, 2.24) is 0 Å². The van der Waals surface area contributed by atoms with Crippen molar-refractivity contribution in [3.8, 4) is 5.75 Å². The van der Waals surface area contributed by atoms with Crippen LogP contribution in [0.1, 0.15) is 24.2 Å². The lowest BCUT2D eigenvalue weighted by Crippen LogP contribution is -3.11. The number of quaternary nitrogens is 1. The first-order chi connectivity index (χ1) is 15.1. The third-order valence-corrected chi connectivity index (χ3v) is 5.20. The summed E-state index contributed by atoms with van der Waals surface area (Å²) in [5, 5.41) is 4.80. The lowest BCUT2D eigenvalue weighted by atomic mass is 10.1. The second-order valence-electron chi connectivity index (χ2n) is 7.23. The van der Waals surface area contributed by atoms with Gasteiger partial charge in [0.1, 0.15) is 18.9 Å². The number of rotatable bonds is 10. The molecular formula is C25H29N2O4+. The van der Waals surface area contributed by atoms with Gasteiger partial charge in [0.15, 0.2) is 6.61 Å². The van der Waals surface area contributed by atoms with Crippen LogP contribution in [-0.4, -0.2) is 44.7 Å². The van der Waals surface area contributed by atoms with Crippen LogP contribution in [0.5, 0.6) is 5.75 Å². The number of hydrogen-bond donors (Lipinski definition) is 2. The van der Waals surface area contributed by atoms with E-state index in [1.165, 1.54) is 4.90 Å². The molecule has 0 aliphatic rings. The number of nitrogens with one attached hydrogen (secondary N) is 2. The van der Waals surface area contributed by atoms with Crippen molar-refractivity contribution in [2.75, 3.05) is 38.2 Å². The number of likely N-dealkylation sites (N-methyl/N-ethyl adjacent to an activating group) is 1. The van der Waals surface area contributed by atoms with E-state index in [1.54, 1.807) is 24.3 Å². The van der Waals surface area contributed by atoms with Crippen LogP contribution in [-0.2, 0) is 9.53 Å². The topological polar surface area (TPSA) is 69.1 Å². The molecule has 6 nitrogen and oxygen atoms in total. The monoisotopic (exact) mass is 421 g/mol. The number of fused-ring (bicyclic) bond motifs is 1. The van der Waals surface area contributed by atoms with E-state index in [-0.39, 0.29) is 18.5 Å². The predicted molar refractivity (Wildman–Crippen MR) is 122 cm³/mol. The second-order valence-corrected chi connectivity index (χ2v) is 7.23. The molecule has 0 spiro atoms. The summed E-state index contributed by atoms with van der Waals surface area (Å²) >= 11 is 0. The number of hydrogen-bond acceptors (Lipinski definition) is 4. The summed E-state index contributed by atoms with van der Waals surface area (Å²) < 4.78 is 11.0. The molecule has 3 rings (SSSR count). The van der Waals surface area contributed by atoms with E-state index in [4.69, 9.17) is 9.47 Å². The molecule has 0 aliphatic heterocycles. The Kier molecular flexibility index (Phi) is 8.01. The summed E-state index contributed by atoms with van der Waals surface area (Å²) in [6, 6.07) is 20.3. The normalized spacial score (nSPS) is 10.8. The minimum absolute atomic E-state index is 0.106. The van der Waals surface area contributed by atoms with Crippen molar-refractivity contribution in [3.05, 3.63) is 72.3 Å². The highest BCUT2D eigenvalue weighted by atomic mass is 16.5. The first kappa shape index (κ1) is 22.3. The van der Waals surface area contributed by atoms with Gasteiger partial charge in [0, 0.05) is 11.1 Å². The summed E-state index contributed by atoms with van der Waals surface area (Å²) in [4.78, 5) is 25.8. The zero-order valence-electron chi connectivity index (χ0n) is 18.0. The SMILES string of the molecule is CC[NH+](CC)CCOC(=O)c1ccc(NC(=O)COc2cccc3ccccc23)cc1. The maximum absolute atomic E-state index is 12.3. The van der Waals surface area contributed by atoms with Gasteiger partial charge in [-0.2, -0.15) is 0 Å². The molecule has 0 saturated heterocycles. The van der Waals surface area contributed by atoms with Crippen molar-refractivity contribution in [3.63, 3.8) is 0 Å². The summed E-state index contributed by atoms with van der Waals surface area (Å²) in [6.07, 6.45) is 0. The van der Waals surface area contributed by atoms with Gasteiger partial charge in [-0.1, -0.05) is 36.4 Å². The van der Waals surface area contributed by atoms with Gasteiger partial charge in [0.05, 0.1) is 18.7 Å². The minimum Gasteiger partial charge on any atom is -0.483 e. The fourth-order valence-electron chi connectivity index (χ4n) is 3.33. The number of carbonyl (C=O) groups excluding carboxylic acids is 2. The molecule has 0 bridgehead atoms. The molecule has 0 aromatic heterocycles. The van der Waals surface area contributed by atoms with Gasteiger partial charge in [-0.3, -0.25) is 4.79 Å². The Labute approximate surface area is 182 Å². The summed E-state index contributed by atoms with van der Waals surface area (Å²) in [6.45, 7) is 7.32. The van der Waals surface area contributed by atoms with Crippen molar-refractivity contribution < 1.29 is 24.0 Å². The Morgan fingerprint density at radius 1 is 0.903 bits per heavy atom. The lowest BCUT2D eigenvalue weighted by Gasteiger charge is -2.15. The molecular weight excluding hydrogens is 392 g/mol. The third kappa shape index (κ3) is 6.30. The maximum atomic E-state index is 12.3. The maximum Gasteiger partial charge on any atom is 0.338 e. The molecule has 1 amide bonds. The molecule has 3 aromatic rings. The molecule has 0 aliphatic carbocycles. The van der Waals surface area contributed by atoms with E-state index in [9.17, 15) is 9.59 Å². The van der Waals surface area contributed by atoms with Crippen molar-refractivity contribution in [2.24, 2.45) is 0 Å². The average Bonchev–Trinajstić information content (AvgIpc) is 2.81. The molecule has 31 heavy (non-hydrogen) atoms. The molecule has 0 atom stereocenters. The fraction of sp³-hybridized carbons (Fsp3) is 0.280. The molecule has 162 valence electrons. The van der Waals surface area contributed by atoms with Crippen LogP contribution >= 0.6 is 0 Å². The van der Waals surface area contributed by atoms with Gasteiger partial charge in [-0.15, -0.1) is 0 Å². The number of anilines is 1. The van der Waals surface area contributed by atoms with Crippen LogP contribution in [0, 0.1) is 0 Å². The van der Waals surface area contributed by atoms with E-state index in [0.717, 1.165) is 30.4 Å². The van der Waals surface area contributed by atoms with Crippen molar-refractivity contribution >= 4 is 28.3 Å². The highest BCUT2D eigenvalue weighted by molar-refractivity contribution is 5.94. The van der Waals surface area contributed by atoms with E-state index >= 15 is 0 Å². The second kappa shape index (κ2) is 11.1. The van der Waals surface area contributed by atoms with Crippen LogP contribution in [0.4, 0.5) is 5.69 Å². The standard InChI is InChI=1S/C25H28N2O4/c1-3-27(4-2)16-17-30-25(29)20-12-14-21(15-13-20)26-24(28)18-31-23-11-7-9-19-8-5-6-10-22(19)23/h5-15H,3-4,16-18H2,1-2H3,(H,26,28)/p+1. The molecule has 0 radical (unpaired) electrons. The van der Waals surface area contributed by atoms with Gasteiger partial charge in [-0.05, 0) is 49.6 Å². The largest absolute Gasteiger partial charge is 0.483 e. The fourth-order valence-corrected chi connectivity index (χ4v) is 3.33. The first-order valence-corrected chi connectivity index (χ1v) is 10.6. The van der Waals surface area contributed by atoms with Crippen LogP contribution in [0.15, 0.2) is 66.7 Å². The van der Waals surface area contributed by atoms with Gasteiger partial charge in [0.25, 0.3) is 5.91 Å². The van der Waals surface area contributed by atoms with Crippen LogP contribution in [0.3, 0.4) is 0 Å². The van der Waals surface area contributed by atoms with E-state index in [1.807, 2.05) is 42.5 Å². The highest BCUT2D eigenvalue weighted by Crippen LogP contribution is 2.25. The smallest absolute Gasteiger partial charge is 0.338 e. The van der Waals surface area contributed by atoms with E-state index in [2.05, 4.69) is 19.2 Å². The highest BCUT2D eigenvalue weighted by Gasteiger charge is 2.11. The van der Waals surface area contributed by atoms with Crippen LogP contribution in [0.25, 0.3) is 10.8 Å². The number of carbonyl (C=O) groups is 2. The Hall–Kier alpha value is -3.38. The number of ether oxygens (including phenoxy) is 2. The summed E-state index contributed by atoms with van der Waals surface area (Å²) in [5.74, 6) is 0.0343. The van der Waals surface area contributed by atoms with Gasteiger partial charge < -0.3 is 19.7 Å². The van der Waals surface area contributed by atoms with Gasteiger partial charge in [0.2, 0.25) is 0 Å². The Bertz CT molecular complexity index is 1010. The van der Waals surface area contributed by atoms with Crippen molar-refractivity contribution in [1.29, 1.82) is 0 Å². The molecule has 2 N–H and O–H groups in total. The number of benzene rings is 3. The summed E-state index contributed by atoms with van der Waals surface area (Å²) in [5.41, 5.74) is 1.05. The Morgan fingerprint density at radius 3 is 2.35 bits per heavy atom. The lowest BCUT2D eigenvalue weighted by molar-refractivity contribution is -0.896. The van der Waals surface area contributed by atoms with E-state index < -0.39 is 0 Å². The quantitative estimate of drug-likeness (QED) is 0.494. The zero-order chi connectivity index (χ0) is 22.1. The van der Waals surface area contributed by atoms with Crippen molar-refractivity contribution in [2.45, 2.75) is 13.8 Å². The Morgan fingerprint density at radius 2 is 1.61 bits per heavy atom. The van der Waals surface area contributed by atoms with Crippen LogP contribution < -0.4 is 15.0 Å².